The van der Waals surface area contributed by atoms with Gasteiger partial charge in [0.1, 0.15) is 11.5 Å². The monoisotopic (exact) mass is 331 g/mol. The molecule has 1 unspecified atom stereocenters. The molecule has 1 amide bonds. The van der Waals surface area contributed by atoms with Crippen molar-refractivity contribution >= 4 is 5.91 Å². The first kappa shape index (κ1) is 16.4. The number of nitrogens with zero attached hydrogens (tertiary/aromatic N) is 4. The maximum Gasteiger partial charge on any atom is 0.273 e. The van der Waals surface area contributed by atoms with Gasteiger partial charge in [-0.05, 0) is 12.8 Å². The van der Waals surface area contributed by atoms with Crippen LogP contribution in [0.2, 0.25) is 0 Å². The fourth-order valence-electron chi connectivity index (χ4n) is 3.05. The summed E-state index contributed by atoms with van der Waals surface area (Å²) in [6, 6.07) is 0. The highest BCUT2D eigenvalue weighted by atomic mass is 16.5. The van der Waals surface area contributed by atoms with Gasteiger partial charge < -0.3 is 19.2 Å². The van der Waals surface area contributed by atoms with E-state index in [2.05, 4.69) is 19.5 Å². The van der Waals surface area contributed by atoms with E-state index in [-0.39, 0.29) is 23.1 Å². The molecule has 0 aromatic carbocycles. The number of methoxy groups -OCH3 is 1. The van der Waals surface area contributed by atoms with Gasteiger partial charge in [-0.25, -0.2) is 9.97 Å². The van der Waals surface area contributed by atoms with Gasteiger partial charge >= 0.3 is 0 Å². The molecular weight excluding hydrogens is 310 g/mol. The van der Waals surface area contributed by atoms with Gasteiger partial charge in [0.15, 0.2) is 0 Å². The van der Waals surface area contributed by atoms with Crippen LogP contribution in [0.25, 0.3) is 0 Å². The highest BCUT2D eigenvalue weighted by Gasteiger charge is 2.28. The van der Waals surface area contributed by atoms with Crippen molar-refractivity contribution in [3.05, 3.63) is 46.7 Å². The predicted molar refractivity (Wildman–Crippen MR) is 86.8 cm³/mol. The first-order chi connectivity index (χ1) is 11.7. The zero-order valence-corrected chi connectivity index (χ0v) is 13.6. The summed E-state index contributed by atoms with van der Waals surface area (Å²) >= 11 is 0. The second-order valence-electron chi connectivity index (χ2n) is 5.86. The average Bonchev–Trinajstić information content (AvgIpc) is 3.08. The van der Waals surface area contributed by atoms with Crippen LogP contribution in [0, 0.1) is 0 Å². The number of piperidine rings is 1. The molecule has 0 spiro atoms. The summed E-state index contributed by atoms with van der Waals surface area (Å²) in [5.41, 5.74) is -0.0544. The molecule has 3 rings (SSSR count). The normalized spacial score (nSPS) is 17.9. The average molecular weight is 331 g/mol. The number of H-pyrrole nitrogens is 1. The van der Waals surface area contributed by atoms with Crippen molar-refractivity contribution in [3.8, 4) is 0 Å². The molecular formula is C16H21N5O3. The molecule has 0 bridgehead atoms. The molecule has 0 saturated carbocycles. The van der Waals surface area contributed by atoms with E-state index in [0.29, 0.717) is 19.7 Å². The minimum atomic E-state index is -0.316. The second kappa shape index (κ2) is 7.39. The number of amides is 1. The highest BCUT2D eigenvalue weighted by Crippen LogP contribution is 2.26. The summed E-state index contributed by atoms with van der Waals surface area (Å²) in [5.74, 6) is 1.02. The van der Waals surface area contributed by atoms with Crippen LogP contribution in [0.3, 0.4) is 0 Å². The second-order valence-corrected chi connectivity index (χ2v) is 5.86. The van der Waals surface area contributed by atoms with Gasteiger partial charge in [-0.15, -0.1) is 0 Å². The number of hydrogen-bond donors (Lipinski definition) is 1. The third-order valence-electron chi connectivity index (χ3n) is 4.25. The molecule has 1 N–H and O–H groups in total. The maximum absolute atomic E-state index is 12.6. The van der Waals surface area contributed by atoms with E-state index in [1.165, 1.54) is 6.20 Å². The number of carbonyl (C=O) groups is 1. The molecule has 0 radical (unpaired) electrons. The molecule has 24 heavy (non-hydrogen) atoms. The van der Waals surface area contributed by atoms with Gasteiger partial charge in [0.2, 0.25) is 0 Å². The van der Waals surface area contributed by atoms with Gasteiger partial charge in [0.25, 0.3) is 11.5 Å². The molecule has 1 saturated heterocycles. The van der Waals surface area contributed by atoms with Gasteiger partial charge in [0, 0.05) is 51.3 Å². The quantitative estimate of drug-likeness (QED) is 0.867. The van der Waals surface area contributed by atoms with Crippen molar-refractivity contribution in [2.45, 2.75) is 25.3 Å². The summed E-state index contributed by atoms with van der Waals surface area (Å²) in [7, 11) is 1.68. The van der Waals surface area contributed by atoms with Gasteiger partial charge in [-0.1, -0.05) is 0 Å². The summed E-state index contributed by atoms with van der Waals surface area (Å²) in [6.07, 6.45) is 8.14. The number of likely N-dealkylation sites (tertiary alicyclic amines) is 1. The van der Waals surface area contributed by atoms with Crippen LogP contribution in [-0.2, 0) is 11.3 Å². The minimum Gasteiger partial charge on any atom is -0.383 e. The largest absolute Gasteiger partial charge is 0.383 e. The Morgan fingerprint density at radius 1 is 1.46 bits per heavy atom. The fraction of sp³-hybridized carbons (Fsp3) is 0.500. The van der Waals surface area contributed by atoms with Gasteiger partial charge in [-0.3, -0.25) is 9.59 Å². The Kier molecular flexibility index (Phi) is 5.05. The molecule has 128 valence electrons. The number of carbonyl (C=O) groups excluding carboxylic acids is 1. The van der Waals surface area contributed by atoms with E-state index < -0.39 is 0 Å². The Hall–Kier alpha value is -2.48. The number of ether oxygens (including phenoxy) is 1. The van der Waals surface area contributed by atoms with E-state index >= 15 is 0 Å². The van der Waals surface area contributed by atoms with E-state index in [0.717, 1.165) is 31.4 Å². The van der Waals surface area contributed by atoms with Crippen molar-refractivity contribution in [3.63, 3.8) is 0 Å². The first-order valence-corrected chi connectivity index (χ1v) is 8.03. The lowest BCUT2D eigenvalue weighted by molar-refractivity contribution is 0.0696. The molecule has 8 nitrogen and oxygen atoms in total. The van der Waals surface area contributed by atoms with Crippen LogP contribution in [0.1, 0.15) is 35.1 Å². The molecule has 2 aromatic rings. The Labute approximate surface area is 139 Å². The first-order valence-electron chi connectivity index (χ1n) is 8.03. The molecule has 0 aliphatic carbocycles. The smallest absolute Gasteiger partial charge is 0.273 e. The molecule has 1 aliphatic rings. The number of hydrogen-bond acceptors (Lipinski definition) is 5. The van der Waals surface area contributed by atoms with Crippen LogP contribution in [0.5, 0.6) is 0 Å². The van der Waals surface area contributed by atoms with Crippen LogP contribution >= 0.6 is 0 Å². The van der Waals surface area contributed by atoms with Gasteiger partial charge in [-0.2, -0.15) is 0 Å². The molecule has 1 aliphatic heterocycles. The Balaban J connectivity index is 1.72. The zero-order chi connectivity index (χ0) is 16.9. The third kappa shape index (κ3) is 3.53. The number of aromatic nitrogens is 4. The van der Waals surface area contributed by atoms with E-state index in [1.807, 2.05) is 6.20 Å². The Bertz CT molecular complexity index is 734. The summed E-state index contributed by atoms with van der Waals surface area (Å²) in [6.45, 7) is 2.66. The highest BCUT2D eigenvalue weighted by molar-refractivity contribution is 5.92. The van der Waals surface area contributed by atoms with Crippen molar-refractivity contribution < 1.29 is 9.53 Å². The third-order valence-corrected chi connectivity index (χ3v) is 4.25. The number of aromatic amines is 1. The summed E-state index contributed by atoms with van der Waals surface area (Å²) < 4.78 is 7.22. The predicted octanol–water partition coefficient (Wildman–Crippen LogP) is 0.633. The summed E-state index contributed by atoms with van der Waals surface area (Å²) in [4.78, 5) is 36.3. The summed E-state index contributed by atoms with van der Waals surface area (Å²) in [5, 5.41) is 0. The van der Waals surface area contributed by atoms with Crippen molar-refractivity contribution in [2.75, 3.05) is 26.8 Å². The SMILES string of the molecule is COCCn1ccnc1C1CCCN(C(=O)c2c[nH]c(=O)cn2)C1. The molecule has 8 heteroatoms. The Morgan fingerprint density at radius 2 is 2.33 bits per heavy atom. The van der Waals surface area contributed by atoms with Crippen LogP contribution in [0.15, 0.2) is 29.6 Å². The van der Waals surface area contributed by atoms with Crippen molar-refractivity contribution in [1.82, 2.24) is 24.4 Å². The van der Waals surface area contributed by atoms with E-state index in [1.54, 1.807) is 18.2 Å². The zero-order valence-electron chi connectivity index (χ0n) is 13.6. The van der Waals surface area contributed by atoms with Crippen LogP contribution in [0.4, 0.5) is 0 Å². The standard InChI is InChI=1S/C16H21N5O3/c1-24-8-7-20-6-4-17-15(20)12-3-2-5-21(11-12)16(23)13-9-19-14(22)10-18-13/h4,6,9-10,12H,2-3,5,7-8,11H2,1H3,(H,19,22). The molecule has 1 fully saturated rings. The molecule has 3 heterocycles. The topological polar surface area (TPSA) is 93.1 Å². The number of rotatable bonds is 5. The lowest BCUT2D eigenvalue weighted by atomic mass is 9.97. The Morgan fingerprint density at radius 3 is 3.08 bits per heavy atom. The minimum absolute atomic E-state index is 0.161. The van der Waals surface area contributed by atoms with E-state index in [9.17, 15) is 9.59 Å². The number of imidazole rings is 1. The lowest BCUT2D eigenvalue weighted by Crippen LogP contribution is -2.40. The van der Waals surface area contributed by atoms with Crippen molar-refractivity contribution in [1.29, 1.82) is 0 Å². The van der Waals surface area contributed by atoms with Crippen LogP contribution < -0.4 is 5.56 Å². The number of nitrogens with one attached hydrogen (secondary N) is 1. The van der Waals surface area contributed by atoms with Crippen LogP contribution in [-0.4, -0.2) is 57.1 Å². The molecule has 1 atom stereocenters. The maximum atomic E-state index is 12.6. The van der Waals surface area contributed by atoms with Gasteiger partial charge in [0.05, 0.1) is 12.8 Å². The molecule has 2 aromatic heterocycles. The van der Waals surface area contributed by atoms with Crippen molar-refractivity contribution in [2.24, 2.45) is 0 Å². The van der Waals surface area contributed by atoms with E-state index in [4.69, 9.17) is 4.74 Å². The lowest BCUT2D eigenvalue weighted by Gasteiger charge is -2.32. The fourth-order valence-corrected chi connectivity index (χ4v) is 3.05.